The molecule has 0 saturated carbocycles. The van der Waals surface area contributed by atoms with E-state index in [9.17, 15) is 9.90 Å². The Morgan fingerprint density at radius 2 is 2.17 bits per heavy atom. The third-order valence-electron chi connectivity index (χ3n) is 3.64. The van der Waals surface area contributed by atoms with Gasteiger partial charge in [0.05, 0.1) is 18.7 Å². The number of ether oxygens (including phenoxy) is 1. The maximum Gasteiger partial charge on any atom is 0.282 e. The lowest BCUT2D eigenvalue weighted by Crippen LogP contribution is -2.17. The maximum atomic E-state index is 12.5. The molecule has 3 aromatic rings. The molecule has 0 aliphatic carbocycles. The summed E-state index contributed by atoms with van der Waals surface area (Å²) in [4.78, 5) is 18.6. The van der Waals surface area contributed by atoms with E-state index in [1.807, 2.05) is 13.8 Å². The molecule has 0 bridgehead atoms. The molecule has 0 radical (unpaired) electrons. The summed E-state index contributed by atoms with van der Waals surface area (Å²) in [5, 5.41) is 14.7. The van der Waals surface area contributed by atoms with Crippen molar-refractivity contribution in [3.63, 3.8) is 0 Å². The van der Waals surface area contributed by atoms with Gasteiger partial charge in [0.2, 0.25) is 0 Å². The molecule has 3 rings (SSSR count). The van der Waals surface area contributed by atoms with E-state index in [1.165, 1.54) is 35.7 Å². The van der Waals surface area contributed by atoms with Gasteiger partial charge in [-0.3, -0.25) is 4.79 Å². The van der Waals surface area contributed by atoms with E-state index >= 15 is 0 Å². The van der Waals surface area contributed by atoms with Crippen LogP contribution in [0.3, 0.4) is 0 Å². The number of benzene rings is 1. The first-order valence-electron chi connectivity index (χ1n) is 6.90. The topological polar surface area (TPSA) is 76.7 Å². The van der Waals surface area contributed by atoms with Gasteiger partial charge in [-0.25, -0.2) is 4.98 Å². The summed E-state index contributed by atoms with van der Waals surface area (Å²) < 4.78 is 6.21. The zero-order valence-corrected chi connectivity index (χ0v) is 13.7. The van der Waals surface area contributed by atoms with Gasteiger partial charge < -0.3 is 9.84 Å². The Morgan fingerprint density at radius 3 is 2.91 bits per heavy atom. The van der Waals surface area contributed by atoms with Crippen LogP contribution in [0.4, 0.5) is 0 Å². The van der Waals surface area contributed by atoms with Crippen molar-refractivity contribution in [1.82, 2.24) is 9.66 Å². The summed E-state index contributed by atoms with van der Waals surface area (Å²) in [6, 6.07) is 5.05. The number of aromatic hydroxyl groups is 1. The minimum Gasteiger partial charge on any atom is -0.504 e. The summed E-state index contributed by atoms with van der Waals surface area (Å²) >= 11 is 1.49. The molecule has 118 valence electrons. The van der Waals surface area contributed by atoms with Crippen LogP contribution in [0.5, 0.6) is 11.5 Å². The molecule has 0 aliphatic rings. The number of nitrogens with zero attached hydrogens (tertiary/aromatic N) is 3. The third kappa shape index (κ3) is 2.59. The van der Waals surface area contributed by atoms with Gasteiger partial charge in [-0.15, -0.1) is 11.3 Å². The Labute approximate surface area is 136 Å². The molecule has 0 saturated heterocycles. The maximum absolute atomic E-state index is 12.5. The number of phenols is 1. The second kappa shape index (κ2) is 5.85. The highest BCUT2D eigenvalue weighted by molar-refractivity contribution is 7.18. The Balaban J connectivity index is 2.07. The van der Waals surface area contributed by atoms with Crippen LogP contribution in [0.1, 0.15) is 16.0 Å². The second-order valence-electron chi connectivity index (χ2n) is 5.00. The van der Waals surface area contributed by atoms with Crippen LogP contribution in [0, 0.1) is 13.8 Å². The predicted molar refractivity (Wildman–Crippen MR) is 91.0 cm³/mol. The first kappa shape index (κ1) is 15.2. The number of hydrogen-bond donors (Lipinski definition) is 1. The number of thiophene rings is 1. The molecule has 0 spiro atoms. The van der Waals surface area contributed by atoms with Gasteiger partial charge in [0.1, 0.15) is 11.2 Å². The Morgan fingerprint density at radius 1 is 1.39 bits per heavy atom. The first-order chi connectivity index (χ1) is 11.0. The van der Waals surface area contributed by atoms with Gasteiger partial charge in [0.15, 0.2) is 11.5 Å². The van der Waals surface area contributed by atoms with E-state index in [0.29, 0.717) is 21.5 Å². The van der Waals surface area contributed by atoms with Gasteiger partial charge >= 0.3 is 0 Å². The van der Waals surface area contributed by atoms with Crippen LogP contribution in [-0.4, -0.2) is 28.1 Å². The van der Waals surface area contributed by atoms with Crippen molar-refractivity contribution in [3.8, 4) is 11.5 Å². The van der Waals surface area contributed by atoms with Crippen molar-refractivity contribution in [2.45, 2.75) is 13.8 Å². The van der Waals surface area contributed by atoms with Gasteiger partial charge in [-0.05, 0) is 31.5 Å². The standard InChI is InChI=1S/C16H15N3O3S/c1-9-10(2)23-15-13(9)16(21)19(8-17-15)18-7-11-5-4-6-12(22-3)14(11)20/h4-8,20H,1-3H3/b18-7+. The number of para-hydroxylation sites is 1. The third-order valence-corrected chi connectivity index (χ3v) is 4.76. The quantitative estimate of drug-likeness (QED) is 0.750. The van der Waals surface area contributed by atoms with Crippen LogP contribution in [0.15, 0.2) is 34.4 Å². The molecule has 0 fully saturated rings. The fourth-order valence-corrected chi connectivity index (χ4v) is 3.23. The van der Waals surface area contributed by atoms with Crippen molar-refractivity contribution in [1.29, 1.82) is 0 Å². The molecule has 1 aromatic carbocycles. The number of fused-ring (bicyclic) bond motifs is 1. The molecule has 0 amide bonds. The summed E-state index contributed by atoms with van der Waals surface area (Å²) in [6.45, 7) is 3.86. The molecular weight excluding hydrogens is 314 g/mol. The van der Waals surface area contributed by atoms with Crippen molar-refractivity contribution >= 4 is 27.8 Å². The fraction of sp³-hybridized carbons (Fsp3) is 0.188. The molecule has 0 aliphatic heterocycles. The molecule has 0 unspecified atom stereocenters. The van der Waals surface area contributed by atoms with Gasteiger partial charge in [0.25, 0.3) is 5.56 Å². The van der Waals surface area contributed by atoms with E-state index < -0.39 is 0 Å². The van der Waals surface area contributed by atoms with Gasteiger partial charge in [-0.1, -0.05) is 6.07 Å². The van der Waals surface area contributed by atoms with Crippen LogP contribution in [-0.2, 0) is 0 Å². The van der Waals surface area contributed by atoms with Crippen molar-refractivity contribution in [2.75, 3.05) is 7.11 Å². The van der Waals surface area contributed by atoms with E-state index in [2.05, 4.69) is 10.1 Å². The SMILES string of the molecule is COc1cccc(/C=N/n2cnc3sc(C)c(C)c3c2=O)c1O. The van der Waals surface area contributed by atoms with Crippen molar-refractivity contribution in [2.24, 2.45) is 5.10 Å². The predicted octanol–water partition coefficient (Wildman–Crippen LogP) is 2.67. The normalized spacial score (nSPS) is 11.4. The average molecular weight is 329 g/mol. The molecule has 23 heavy (non-hydrogen) atoms. The van der Waals surface area contributed by atoms with E-state index in [1.54, 1.807) is 18.2 Å². The highest BCUT2D eigenvalue weighted by Crippen LogP contribution is 2.28. The molecule has 1 N–H and O–H groups in total. The highest BCUT2D eigenvalue weighted by Gasteiger charge is 2.12. The monoisotopic (exact) mass is 329 g/mol. The van der Waals surface area contributed by atoms with Crippen molar-refractivity contribution < 1.29 is 9.84 Å². The molecular formula is C16H15N3O3S. The number of methoxy groups -OCH3 is 1. The van der Waals surface area contributed by atoms with Crippen LogP contribution >= 0.6 is 11.3 Å². The number of aryl methyl sites for hydroxylation is 2. The number of rotatable bonds is 3. The number of aromatic nitrogens is 2. The lowest BCUT2D eigenvalue weighted by atomic mass is 10.2. The smallest absolute Gasteiger partial charge is 0.282 e. The van der Waals surface area contributed by atoms with E-state index in [4.69, 9.17) is 4.74 Å². The van der Waals surface area contributed by atoms with E-state index in [0.717, 1.165) is 10.4 Å². The zero-order valence-electron chi connectivity index (χ0n) is 12.9. The highest BCUT2D eigenvalue weighted by atomic mass is 32.1. The van der Waals surface area contributed by atoms with Crippen LogP contribution in [0.2, 0.25) is 0 Å². The molecule has 7 heteroatoms. The second-order valence-corrected chi connectivity index (χ2v) is 6.20. The minimum absolute atomic E-state index is 0.0246. The lowest BCUT2D eigenvalue weighted by molar-refractivity contribution is 0.373. The number of hydrogen-bond acceptors (Lipinski definition) is 6. The average Bonchev–Trinajstić information content (AvgIpc) is 2.83. The van der Waals surface area contributed by atoms with Crippen LogP contribution < -0.4 is 10.3 Å². The largest absolute Gasteiger partial charge is 0.504 e. The Hall–Kier alpha value is -2.67. The summed E-state index contributed by atoms with van der Waals surface area (Å²) in [6.07, 6.45) is 2.79. The number of phenolic OH excluding ortho intramolecular Hbond substituents is 1. The Kier molecular flexibility index (Phi) is 3.87. The van der Waals surface area contributed by atoms with Crippen molar-refractivity contribution in [3.05, 3.63) is 50.9 Å². The summed E-state index contributed by atoms with van der Waals surface area (Å²) in [5.74, 6) is 0.322. The van der Waals surface area contributed by atoms with Gasteiger partial charge in [0, 0.05) is 10.4 Å². The molecule has 0 atom stereocenters. The lowest BCUT2D eigenvalue weighted by Gasteiger charge is -2.05. The molecule has 2 aromatic heterocycles. The summed E-state index contributed by atoms with van der Waals surface area (Å²) in [5.41, 5.74) is 1.15. The van der Waals surface area contributed by atoms with E-state index in [-0.39, 0.29) is 11.3 Å². The first-order valence-corrected chi connectivity index (χ1v) is 7.72. The molecule has 2 heterocycles. The zero-order chi connectivity index (χ0) is 16.6. The van der Waals surface area contributed by atoms with Gasteiger partial charge in [-0.2, -0.15) is 9.78 Å². The van der Waals surface area contributed by atoms with Crippen LogP contribution in [0.25, 0.3) is 10.2 Å². The summed E-state index contributed by atoms with van der Waals surface area (Å²) in [7, 11) is 1.47. The minimum atomic E-state index is -0.226. The Bertz CT molecular complexity index is 973. The fourth-order valence-electron chi connectivity index (χ4n) is 2.24. The molecule has 6 nitrogen and oxygen atoms in total.